The lowest BCUT2D eigenvalue weighted by atomic mass is 10.0. The highest BCUT2D eigenvalue weighted by molar-refractivity contribution is 6.32. The summed E-state index contributed by atoms with van der Waals surface area (Å²) in [6, 6.07) is 10.7. The van der Waals surface area contributed by atoms with Gasteiger partial charge in [0.05, 0.1) is 17.7 Å². The first-order valence-electron chi connectivity index (χ1n) is 9.64. The summed E-state index contributed by atoms with van der Waals surface area (Å²) in [5.74, 6) is -0.581. The smallest absolute Gasteiger partial charge is 0.407 e. The number of nitro groups is 1. The molecule has 2 aromatic carbocycles. The average molecular weight is 458 g/mol. The fraction of sp³-hybridized carbons (Fsp3) is 0.190. The van der Waals surface area contributed by atoms with E-state index in [9.17, 15) is 19.7 Å². The van der Waals surface area contributed by atoms with Crippen LogP contribution >= 0.6 is 11.6 Å². The van der Waals surface area contributed by atoms with E-state index >= 15 is 0 Å². The maximum atomic E-state index is 12.7. The zero-order valence-electron chi connectivity index (χ0n) is 17.0. The van der Waals surface area contributed by atoms with Gasteiger partial charge in [0.2, 0.25) is 0 Å². The van der Waals surface area contributed by atoms with Crippen molar-refractivity contribution in [2.24, 2.45) is 5.10 Å². The van der Waals surface area contributed by atoms with Gasteiger partial charge < -0.3 is 15.0 Å². The van der Waals surface area contributed by atoms with E-state index in [1.165, 1.54) is 24.4 Å². The number of hydrazone groups is 1. The normalized spacial score (nSPS) is 11.9. The highest BCUT2D eigenvalue weighted by Crippen LogP contribution is 2.24. The largest absolute Gasteiger partial charge is 0.450 e. The summed E-state index contributed by atoms with van der Waals surface area (Å²) in [5.41, 5.74) is 4.17. The monoisotopic (exact) mass is 457 g/mol. The third-order valence-electron chi connectivity index (χ3n) is 4.54. The number of benzene rings is 2. The van der Waals surface area contributed by atoms with Crippen LogP contribution in [0.2, 0.25) is 5.02 Å². The Bertz CT molecular complexity index is 1180. The Morgan fingerprint density at radius 1 is 1.31 bits per heavy atom. The molecule has 1 heterocycles. The van der Waals surface area contributed by atoms with Crippen LogP contribution in [0.15, 0.2) is 53.8 Å². The van der Waals surface area contributed by atoms with Crippen LogP contribution in [0.4, 0.5) is 10.5 Å². The number of carbonyl (C=O) groups is 2. The molecule has 166 valence electrons. The van der Waals surface area contributed by atoms with E-state index in [0.717, 1.165) is 16.5 Å². The lowest BCUT2D eigenvalue weighted by Crippen LogP contribution is -2.47. The lowest BCUT2D eigenvalue weighted by Gasteiger charge is -2.16. The first-order valence-corrected chi connectivity index (χ1v) is 10.0. The number of fused-ring (bicyclic) bond motifs is 1. The molecule has 0 unspecified atom stereocenters. The van der Waals surface area contributed by atoms with Gasteiger partial charge in [-0.2, -0.15) is 5.10 Å². The maximum absolute atomic E-state index is 12.7. The van der Waals surface area contributed by atoms with Crippen molar-refractivity contribution in [2.75, 3.05) is 6.61 Å². The van der Waals surface area contributed by atoms with Gasteiger partial charge >= 0.3 is 6.09 Å². The minimum Gasteiger partial charge on any atom is -0.450 e. The third-order valence-corrected chi connectivity index (χ3v) is 4.86. The van der Waals surface area contributed by atoms with E-state index < -0.39 is 23.0 Å². The first-order chi connectivity index (χ1) is 15.4. The van der Waals surface area contributed by atoms with Crippen molar-refractivity contribution < 1.29 is 19.2 Å². The summed E-state index contributed by atoms with van der Waals surface area (Å²) in [5, 5.41) is 18.3. The number of alkyl carbamates (subject to hydrolysis) is 1. The number of aromatic amines is 1. The van der Waals surface area contributed by atoms with Gasteiger partial charge in [-0.1, -0.05) is 35.9 Å². The zero-order chi connectivity index (χ0) is 23.1. The lowest BCUT2D eigenvalue weighted by molar-refractivity contribution is -0.384. The average Bonchev–Trinajstić information content (AvgIpc) is 3.17. The fourth-order valence-corrected chi connectivity index (χ4v) is 3.23. The molecular weight excluding hydrogens is 438 g/mol. The number of rotatable bonds is 8. The second-order valence-electron chi connectivity index (χ2n) is 6.68. The minimum atomic E-state index is -0.968. The molecular formula is C21H20ClN5O5. The van der Waals surface area contributed by atoms with Crippen LogP contribution in [0.25, 0.3) is 10.9 Å². The van der Waals surface area contributed by atoms with E-state index in [2.05, 4.69) is 20.8 Å². The number of carbonyl (C=O) groups excluding carboxylic acids is 2. The Labute approximate surface area is 187 Å². The van der Waals surface area contributed by atoms with Gasteiger partial charge in [-0.15, -0.1) is 0 Å². The number of amides is 2. The Morgan fingerprint density at radius 2 is 2.09 bits per heavy atom. The van der Waals surface area contributed by atoms with Crippen LogP contribution in [-0.2, 0) is 16.0 Å². The van der Waals surface area contributed by atoms with Gasteiger partial charge in [-0.25, -0.2) is 10.2 Å². The number of ether oxygens (including phenoxy) is 1. The van der Waals surface area contributed by atoms with Gasteiger partial charge in [0.25, 0.3) is 11.6 Å². The standard InChI is InChI=1S/C21H20ClN5O5/c1-2-32-21(29)25-18(10-14-12-23-17-6-4-3-5-15(14)17)20(28)26-24-11-13-7-8-16(22)19(9-13)27(30)31/h3-9,11-12,18,23H,2,10H2,1H3,(H,25,29)(H,26,28)/b24-11-/t18-/m1/s1. The van der Waals surface area contributed by atoms with Crippen LogP contribution in [0.5, 0.6) is 0 Å². The number of para-hydroxylation sites is 1. The van der Waals surface area contributed by atoms with Crippen molar-refractivity contribution in [1.82, 2.24) is 15.7 Å². The van der Waals surface area contributed by atoms with Crippen LogP contribution in [0.3, 0.4) is 0 Å². The molecule has 2 amide bonds. The van der Waals surface area contributed by atoms with Gasteiger partial charge in [-0.3, -0.25) is 14.9 Å². The molecule has 0 radical (unpaired) electrons. The summed E-state index contributed by atoms with van der Waals surface area (Å²) in [7, 11) is 0. The zero-order valence-corrected chi connectivity index (χ0v) is 17.8. The van der Waals surface area contributed by atoms with Gasteiger partial charge in [-0.05, 0) is 24.6 Å². The fourth-order valence-electron chi connectivity index (χ4n) is 3.04. The highest BCUT2D eigenvalue weighted by atomic mass is 35.5. The van der Waals surface area contributed by atoms with Crippen LogP contribution < -0.4 is 10.7 Å². The number of hydrogen-bond acceptors (Lipinski definition) is 6. The second-order valence-corrected chi connectivity index (χ2v) is 7.09. The molecule has 0 bridgehead atoms. The number of nitrogens with one attached hydrogen (secondary N) is 3. The molecule has 32 heavy (non-hydrogen) atoms. The molecule has 1 aromatic heterocycles. The van der Waals surface area contributed by atoms with E-state index in [1.807, 2.05) is 24.3 Å². The topological polar surface area (TPSA) is 139 Å². The van der Waals surface area contributed by atoms with Crippen molar-refractivity contribution in [2.45, 2.75) is 19.4 Å². The molecule has 11 heteroatoms. The van der Waals surface area contributed by atoms with Crippen LogP contribution in [-0.4, -0.2) is 40.8 Å². The van der Waals surface area contributed by atoms with Gasteiger partial charge in [0, 0.05) is 35.2 Å². The Balaban J connectivity index is 1.75. The van der Waals surface area contributed by atoms with E-state index in [0.29, 0.717) is 5.56 Å². The first kappa shape index (κ1) is 22.8. The molecule has 0 saturated carbocycles. The summed E-state index contributed by atoms with van der Waals surface area (Å²) in [6.07, 6.45) is 2.48. The number of nitro benzene ring substituents is 1. The number of H-pyrrole nitrogens is 1. The van der Waals surface area contributed by atoms with Gasteiger partial charge in [0.15, 0.2) is 0 Å². The maximum Gasteiger partial charge on any atom is 0.407 e. The molecule has 3 N–H and O–H groups in total. The molecule has 0 aliphatic heterocycles. The Hall–Kier alpha value is -3.92. The molecule has 3 rings (SSSR count). The number of hydrogen-bond donors (Lipinski definition) is 3. The molecule has 0 spiro atoms. The third kappa shape index (κ3) is 5.61. The summed E-state index contributed by atoms with van der Waals surface area (Å²) in [6.45, 7) is 1.81. The van der Waals surface area contributed by atoms with E-state index in [4.69, 9.17) is 16.3 Å². The van der Waals surface area contributed by atoms with Crippen molar-refractivity contribution >= 4 is 46.4 Å². The Kier molecular flexibility index (Phi) is 7.40. The molecule has 0 fully saturated rings. The number of halogens is 1. The Morgan fingerprint density at radius 3 is 2.84 bits per heavy atom. The summed E-state index contributed by atoms with van der Waals surface area (Å²) < 4.78 is 4.90. The highest BCUT2D eigenvalue weighted by Gasteiger charge is 2.23. The van der Waals surface area contributed by atoms with Crippen molar-refractivity contribution in [3.63, 3.8) is 0 Å². The van der Waals surface area contributed by atoms with Crippen LogP contribution in [0, 0.1) is 10.1 Å². The minimum absolute atomic E-state index is 0.00591. The summed E-state index contributed by atoms with van der Waals surface area (Å²) >= 11 is 5.79. The molecule has 3 aromatic rings. The molecule has 0 aliphatic carbocycles. The van der Waals surface area contributed by atoms with Crippen molar-refractivity contribution in [1.29, 1.82) is 0 Å². The predicted molar refractivity (Wildman–Crippen MR) is 120 cm³/mol. The quantitative estimate of drug-likeness (QED) is 0.270. The van der Waals surface area contributed by atoms with Gasteiger partial charge in [0.1, 0.15) is 11.1 Å². The SMILES string of the molecule is CCOC(=O)N[C@H](Cc1c[nH]c2ccccc12)C(=O)N/N=C\c1ccc(Cl)c([N+](=O)[O-])c1. The molecule has 0 saturated heterocycles. The molecule has 1 atom stereocenters. The van der Waals surface area contributed by atoms with Crippen molar-refractivity contribution in [3.05, 3.63) is 74.9 Å². The number of aromatic nitrogens is 1. The predicted octanol–water partition coefficient (Wildman–Crippen LogP) is 3.54. The second kappa shape index (κ2) is 10.4. The molecule has 0 aliphatic rings. The molecule has 10 nitrogen and oxygen atoms in total. The van der Waals surface area contributed by atoms with Crippen LogP contribution in [0.1, 0.15) is 18.1 Å². The van der Waals surface area contributed by atoms with Crippen molar-refractivity contribution in [3.8, 4) is 0 Å². The number of nitrogens with zero attached hydrogens (tertiary/aromatic N) is 2. The van der Waals surface area contributed by atoms with E-state index in [1.54, 1.807) is 13.1 Å². The summed E-state index contributed by atoms with van der Waals surface area (Å²) in [4.78, 5) is 38.2. The van der Waals surface area contributed by atoms with E-state index in [-0.39, 0.29) is 23.7 Å².